The summed E-state index contributed by atoms with van der Waals surface area (Å²) in [5.41, 5.74) is 3.62. The van der Waals surface area contributed by atoms with Gasteiger partial charge in [-0.3, -0.25) is 9.67 Å². The molecule has 0 aliphatic carbocycles. The Hall–Kier alpha value is -1.68. The third kappa shape index (κ3) is 2.43. The largest absolute Gasteiger partial charge is 0.380 e. The molecule has 0 radical (unpaired) electrons. The Morgan fingerprint density at radius 3 is 2.83 bits per heavy atom. The molecule has 0 saturated carbocycles. The molecule has 18 heavy (non-hydrogen) atoms. The molecule has 0 fully saturated rings. The van der Waals surface area contributed by atoms with Crippen LogP contribution in [0.4, 0.5) is 0 Å². The van der Waals surface area contributed by atoms with Gasteiger partial charge in [0.1, 0.15) is 6.10 Å². The van der Waals surface area contributed by atoms with Gasteiger partial charge in [0.25, 0.3) is 0 Å². The zero-order valence-corrected chi connectivity index (χ0v) is 11.1. The zero-order valence-electron chi connectivity index (χ0n) is 11.1. The van der Waals surface area contributed by atoms with Gasteiger partial charge >= 0.3 is 0 Å². The van der Waals surface area contributed by atoms with Gasteiger partial charge in [-0.05, 0) is 37.5 Å². The lowest BCUT2D eigenvalue weighted by Gasteiger charge is -2.15. The first-order valence-electron chi connectivity index (χ1n) is 6.26. The van der Waals surface area contributed by atoms with Crippen molar-refractivity contribution in [1.82, 2.24) is 14.8 Å². The van der Waals surface area contributed by atoms with E-state index in [4.69, 9.17) is 0 Å². The number of aliphatic hydroxyl groups is 1. The van der Waals surface area contributed by atoms with Gasteiger partial charge < -0.3 is 5.11 Å². The average molecular weight is 245 g/mol. The number of hydrogen-bond donors (Lipinski definition) is 1. The molecular weight excluding hydrogens is 226 g/mol. The van der Waals surface area contributed by atoms with E-state index in [-0.39, 0.29) is 0 Å². The Kier molecular flexibility index (Phi) is 3.77. The molecule has 2 aromatic rings. The average Bonchev–Trinajstić information content (AvgIpc) is 2.77. The highest BCUT2D eigenvalue weighted by molar-refractivity contribution is 5.29. The number of aryl methyl sites for hydroxylation is 3. The van der Waals surface area contributed by atoms with Crippen LogP contribution in [0.5, 0.6) is 0 Å². The van der Waals surface area contributed by atoms with Gasteiger partial charge in [-0.1, -0.05) is 13.0 Å². The summed E-state index contributed by atoms with van der Waals surface area (Å²) < 4.78 is 1.84. The summed E-state index contributed by atoms with van der Waals surface area (Å²) in [6, 6.07) is 3.88. The van der Waals surface area contributed by atoms with Crippen LogP contribution in [0.3, 0.4) is 0 Å². The molecule has 0 saturated heterocycles. The predicted octanol–water partition coefficient (Wildman–Crippen LogP) is 2.39. The molecule has 1 atom stereocenters. The van der Waals surface area contributed by atoms with Crippen LogP contribution in [0, 0.1) is 13.8 Å². The monoisotopic (exact) mass is 245 g/mol. The smallest absolute Gasteiger partial charge is 0.138 e. The summed E-state index contributed by atoms with van der Waals surface area (Å²) in [6.45, 7) is 6.87. The van der Waals surface area contributed by atoms with E-state index in [1.165, 1.54) is 0 Å². The molecule has 96 valence electrons. The van der Waals surface area contributed by atoms with Crippen LogP contribution in [-0.2, 0) is 6.54 Å². The van der Waals surface area contributed by atoms with Crippen LogP contribution in [0.25, 0.3) is 0 Å². The zero-order chi connectivity index (χ0) is 13.1. The summed E-state index contributed by atoms with van der Waals surface area (Å²) >= 11 is 0. The molecule has 4 nitrogen and oxygen atoms in total. The molecule has 0 bridgehead atoms. The number of hydrogen-bond acceptors (Lipinski definition) is 3. The van der Waals surface area contributed by atoms with Crippen molar-refractivity contribution in [3.8, 4) is 0 Å². The van der Waals surface area contributed by atoms with Gasteiger partial charge in [0, 0.05) is 18.9 Å². The summed E-state index contributed by atoms with van der Waals surface area (Å²) in [5, 5.41) is 14.7. The first-order chi connectivity index (χ1) is 8.63. The van der Waals surface area contributed by atoms with Gasteiger partial charge in [0.05, 0.1) is 11.4 Å². The van der Waals surface area contributed by atoms with Crippen LogP contribution in [0.15, 0.2) is 24.5 Å². The second-order valence-corrected chi connectivity index (χ2v) is 4.60. The summed E-state index contributed by atoms with van der Waals surface area (Å²) in [4.78, 5) is 4.34. The molecule has 2 heterocycles. The molecule has 2 rings (SSSR count). The minimum atomic E-state index is -0.709. The molecule has 2 aromatic heterocycles. The topological polar surface area (TPSA) is 50.9 Å². The maximum Gasteiger partial charge on any atom is 0.138 e. The van der Waals surface area contributed by atoms with Gasteiger partial charge in [-0.15, -0.1) is 0 Å². The fourth-order valence-corrected chi connectivity index (χ4v) is 2.13. The summed E-state index contributed by atoms with van der Waals surface area (Å²) in [5.74, 6) is 0. The highest BCUT2D eigenvalue weighted by Crippen LogP contribution is 2.23. The van der Waals surface area contributed by atoms with Crippen molar-refractivity contribution in [2.24, 2.45) is 0 Å². The van der Waals surface area contributed by atoms with E-state index in [9.17, 15) is 5.11 Å². The maximum atomic E-state index is 10.4. The Morgan fingerprint density at radius 2 is 2.17 bits per heavy atom. The van der Waals surface area contributed by atoms with Crippen molar-refractivity contribution in [3.63, 3.8) is 0 Å². The Balaban J connectivity index is 2.35. The lowest BCUT2D eigenvalue weighted by atomic mass is 10.1. The van der Waals surface area contributed by atoms with Crippen LogP contribution < -0.4 is 0 Å². The quantitative estimate of drug-likeness (QED) is 0.899. The lowest BCUT2D eigenvalue weighted by molar-refractivity contribution is 0.201. The van der Waals surface area contributed by atoms with E-state index in [0.717, 1.165) is 29.8 Å². The Labute approximate surface area is 107 Å². The van der Waals surface area contributed by atoms with Crippen molar-refractivity contribution in [2.45, 2.75) is 39.8 Å². The number of pyridine rings is 1. The van der Waals surface area contributed by atoms with Gasteiger partial charge in [0.15, 0.2) is 0 Å². The minimum absolute atomic E-state index is 0.707. The Morgan fingerprint density at radius 1 is 1.39 bits per heavy atom. The standard InChI is InChI=1S/C14H19N3O/c1-4-7-17-12(5-6-16-17)14(18)13-11(3)8-10(2)9-15-13/h5-6,8-9,14,18H,4,7H2,1-3H3. The third-order valence-corrected chi connectivity index (χ3v) is 2.98. The fraction of sp³-hybridized carbons (Fsp3) is 0.429. The molecule has 4 heteroatoms. The first-order valence-corrected chi connectivity index (χ1v) is 6.26. The van der Waals surface area contributed by atoms with Crippen molar-refractivity contribution in [1.29, 1.82) is 0 Å². The van der Waals surface area contributed by atoms with Gasteiger partial charge in [-0.25, -0.2) is 0 Å². The van der Waals surface area contributed by atoms with E-state index >= 15 is 0 Å². The predicted molar refractivity (Wildman–Crippen MR) is 70.3 cm³/mol. The first kappa shape index (κ1) is 12.8. The van der Waals surface area contributed by atoms with E-state index in [1.54, 1.807) is 12.4 Å². The SMILES string of the molecule is CCCn1nccc1C(O)c1ncc(C)cc1C. The van der Waals surface area contributed by atoms with E-state index in [1.807, 2.05) is 30.7 Å². The maximum absolute atomic E-state index is 10.4. The fourth-order valence-electron chi connectivity index (χ4n) is 2.13. The molecule has 0 amide bonds. The van der Waals surface area contributed by atoms with E-state index < -0.39 is 6.10 Å². The van der Waals surface area contributed by atoms with Crippen LogP contribution in [0.2, 0.25) is 0 Å². The van der Waals surface area contributed by atoms with Crippen LogP contribution >= 0.6 is 0 Å². The number of aliphatic hydroxyl groups excluding tert-OH is 1. The number of nitrogens with zero attached hydrogens (tertiary/aromatic N) is 3. The van der Waals surface area contributed by atoms with Crippen LogP contribution in [-0.4, -0.2) is 19.9 Å². The number of aromatic nitrogens is 3. The van der Waals surface area contributed by atoms with Crippen molar-refractivity contribution < 1.29 is 5.11 Å². The minimum Gasteiger partial charge on any atom is -0.380 e. The highest BCUT2D eigenvalue weighted by atomic mass is 16.3. The molecule has 0 spiro atoms. The van der Waals surface area contributed by atoms with Crippen molar-refractivity contribution in [3.05, 3.63) is 47.0 Å². The van der Waals surface area contributed by atoms with E-state index in [2.05, 4.69) is 17.0 Å². The lowest BCUT2D eigenvalue weighted by Crippen LogP contribution is -2.12. The molecule has 0 aliphatic heterocycles. The van der Waals surface area contributed by atoms with Crippen LogP contribution in [0.1, 0.15) is 42.0 Å². The molecule has 0 aromatic carbocycles. The van der Waals surface area contributed by atoms with Gasteiger partial charge in [0.2, 0.25) is 0 Å². The normalized spacial score (nSPS) is 12.7. The molecule has 1 N–H and O–H groups in total. The second-order valence-electron chi connectivity index (χ2n) is 4.60. The van der Waals surface area contributed by atoms with Gasteiger partial charge in [-0.2, -0.15) is 5.10 Å². The highest BCUT2D eigenvalue weighted by Gasteiger charge is 2.18. The second kappa shape index (κ2) is 5.31. The summed E-state index contributed by atoms with van der Waals surface area (Å²) in [7, 11) is 0. The third-order valence-electron chi connectivity index (χ3n) is 2.98. The molecule has 0 aliphatic rings. The number of rotatable bonds is 4. The molecular formula is C14H19N3O. The van der Waals surface area contributed by atoms with Crippen molar-refractivity contribution >= 4 is 0 Å². The molecule has 1 unspecified atom stereocenters. The van der Waals surface area contributed by atoms with Crippen molar-refractivity contribution in [2.75, 3.05) is 0 Å². The van der Waals surface area contributed by atoms with E-state index in [0.29, 0.717) is 5.69 Å². The summed E-state index contributed by atoms with van der Waals surface area (Å²) in [6.07, 6.45) is 3.78. The Bertz CT molecular complexity index is 534.